The first kappa shape index (κ1) is 17.7. The van der Waals surface area contributed by atoms with Crippen molar-refractivity contribution in [2.45, 2.75) is 26.2 Å². The predicted molar refractivity (Wildman–Crippen MR) is 99.1 cm³/mol. The number of guanidine groups is 1. The Balaban J connectivity index is 1.95. The van der Waals surface area contributed by atoms with E-state index >= 15 is 0 Å². The molecule has 4 nitrogen and oxygen atoms in total. The number of nitrogens with zero attached hydrogens (tertiary/aromatic N) is 2. The van der Waals surface area contributed by atoms with Crippen LogP contribution in [0, 0.1) is 6.92 Å². The molecule has 0 saturated carbocycles. The van der Waals surface area contributed by atoms with Gasteiger partial charge in [0, 0.05) is 19.2 Å². The number of aryl methyl sites for hydroxylation is 2. The van der Waals surface area contributed by atoms with Crippen LogP contribution in [0.3, 0.4) is 0 Å². The Morgan fingerprint density at radius 2 is 1.71 bits per heavy atom. The first-order valence-electron chi connectivity index (χ1n) is 8.26. The number of benzene rings is 2. The molecule has 0 aliphatic carbocycles. The Morgan fingerprint density at radius 1 is 1.04 bits per heavy atom. The highest BCUT2D eigenvalue weighted by molar-refractivity contribution is 6.05. The van der Waals surface area contributed by atoms with E-state index in [0.29, 0.717) is 12.1 Å². The predicted octanol–water partition coefficient (Wildman–Crippen LogP) is 3.40. The van der Waals surface area contributed by atoms with Crippen molar-refractivity contribution >= 4 is 11.9 Å². The molecule has 2 N–H and O–H groups in total. The summed E-state index contributed by atoms with van der Waals surface area (Å²) in [5, 5.41) is 0. The molecule has 0 aliphatic heterocycles. The molecule has 24 heavy (non-hydrogen) atoms. The lowest BCUT2D eigenvalue weighted by Gasteiger charge is -2.21. The van der Waals surface area contributed by atoms with Crippen LogP contribution >= 0.6 is 0 Å². The van der Waals surface area contributed by atoms with Gasteiger partial charge >= 0.3 is 0 Å². The highest BCUT2D eigenvalue weighted by Gasteiger charge is 2.18. The lowest BCUT2D eigenvalue weighted by Crippen LogP contribution is -2.42. The van der Waals surface area contributed by atoms with E-state index in [1.54, 1.807) is 11.9 Å². The molecule has 0 atom stereocenters. The maximum atomic E-state index is 12.7. The number of unbranched alkanes of at least 4 members (excludes halogenated alkanes) is 1. The summed E-state index contributed by atoms with van der Waals surface area (Å²) in [4.78, 5) is 18.2. The molecule has 4 heteroatoms. The van der Waals surface area contributed by atoms with Gasteiger partial charge in [-0.3, -0.25) is 14.7 Å². The summed E-state index contributed by atoms with van der Waals surface area (Å²) in [7, 11) is 1.61. The number of amides is 1. The molecule has 0 saturated heterocycles. The molecular weight excluding hydrogens is 298 g/mol. The zero-order chi connectivity index (χ0) is 17.4. The van der Waals surface area contributed by atoms with Crippen LogP contribution in [-0.4, -0.2) is 30.4 Å². The molecule has 2 aromatic carbocycles. The molecule has 0 aliphatic rings. The third kappa shape index (κ3) is 4.95. The molecule has 2 aromatic rings. The van der Waals surface area contributed by atoms with E-state index in [0.717, 1.165) is 24.8 Å². The molecule has 126 valence electrons. The van der Waals surface area contributed by atoms with Crippen LogP contribution in [0.2, 0.25) is 0 Å². The van der Waals surface area contributed by atoms with Gasteiger partial charge in [-0.25, -0.2) is 0 Å². The van der Waals surface area contributed by atoms with Gasteiger partial charge in [-0.05, 0) is 43.9 Å². The Labute approximate surface area is 144 Å². The molecule has 0 spiro atoms. The number of rotatable bonds is 6. The quantitative estimate of drug-likeness (QED) is 0.503. The van der Waals surface area contributed by atoms with E-state index in [1.165, 1.54) is 5.56 Å². The van der Waals surface area contributed by atoms with Crippen molar-refractivity contribution in [3.63, 3.8) is 0 Å². The van der Waals surface area contributed by atoms with Crippen molar-refractivity contribution in [1.29, 1.82) is 0 Å². The Morgan fingerprint density at radius 3 is 2.33 bits per heavy atom. The third-order valence-electron chi connectivity index (χ3n) is 3.99. The van der Waals surface area contributed by atoms with Crippen molar-refractivity contribution in [2.24, 2.45) is 10.7 Å². The van der Waals surface area contributed by atoms with Crippen LogP contribution < -0.4 is 5.73 Å². The fraction of sp³-hybridized carbons (Fsp3) is 0.300. The van der Waals surface area contributed by atoms with Gasteiger partial charge in [0.05, 0.1) is 0 Å². The van der Waals surface area contributed by atoms with Crippen LogP contribution in [0.5, 0.6) is 0 Å². The van der Waals surface area contributed by atoms with E-state index in [9.17, 15) is 4.79 Å². The van der Waals surface area contributed by atoms with Crippen LogP contribution in [0.25, 0.3) is 0 Å². The standard InChI is InChI=1S/C20H25N3O/c1-16-11-13-18(14-12-16)19(24)23(20(21)22-2)15-7-6-10-17-8-4-3-5-9-17/h3-5,8-9,11-14H,6-7,10,15H2,1-2H3,(H2,21,22). The number of nitrogens with two attached hydrogens (primary N) is 1. The first-order chi connectivity index (χ1) is 11.6. The lowest BCUT2D eigenvalue weighted by molar-refractivity contribution is 0.0844. The summed E-state index contributed by atoms with van der Waals surface area (Å²) in [6.45, 7) is 2.57. The number of carbonyl (C=O) groups is 1. The Hall–Kier alpha value is -2.62. The van der Waals surface area contributed by atoms with Crippen molar-refractivity contribution in [1.82, 2.24) is 4.90 Å². The molecule has 0 fully saturated rings. The second-order valence-corrected chi connectivity index (χ2v) is 5.85. The molecular formula is C20H25N3O. The zero-order valence-electron chi connectivity index (χ0n) is 14.4. The minimum Gasteiger partial charge on any atom is -0.369 e. The topological polar surface area (TPSA) is 58.7 Å². The van der Waals surface area contributed by atoms with Crippen molar-refractivity contribution < 1.29 is 4.79 Å². The van der Waals surface area contributed by atoms with Crippen LogP contribution in [0.4, 0.5) is 0 Å². The van der Waals surface area contributed by atoms with Crippen LogP contribution in [0.1, 0.15) is 34.3 Å². The van der Waals surface area contributed by atoms with Crippen molar-refractivity contribution in [2.75, 3.05) is 13.6 Å². The fourth-order valence-electron chi connectivity index (χ4n) is 2.54. The van der Waals surface area contributed by atoms with Crippen molar-refractivity contribution in [3.8, 4) is 0 Å². The second-order valence-electron chi connectivity index (χ2n) is 5.85. The summed E-state index contributed by atoms with van der Waals surface area (Å²) < 4.78 is 0. The molecule has 0 heterocycles. The van der Waals surface area contributed by atoms with Crippen LogP contribution in [-0.2, 0) is 6.42 Å². The monoisotopic (exact) mass is 323 g/mol. The van der Waals surface area contributed by atoms with Gasteiger partial charge in [0.2, 0.25) is 0 Å². The summed E-state index contributed by atoms with van der Waals surface area (Å²) in [5.41, 5.74) is 9.00. The SMILES string of the molecule is CN=C(N)N(CCCCc1ccccc1)C(=O)c1ccc(C)cc1. The molecule has 0 bridgehead atoms. The number of carbonyl (C=O) groups excluding carboxylic acids is 1. The van der Waals surface area contributed by atoms with Gasteiger partial charge in [0.15, 0.2) is 5.96 Å². The molecule has 0 aromatic heterocycles. The Kier molecular flexibility index (Phi) is 6.55. The second kappa shape index (κ2) is 8.87. The highest BCUT2D eigenvalue weighted by atomic mass is 16.2. The number of aliphatic imine (C=N–C) groups is 1. The summed E-state index contributed by atoms with van der Waals surface area (Å²) in [5.74, 6) is 0.165. The maximum absolute atomic E-state index is 12.7. The average molecular weight is 323 g/mol. The van der Waals surface area contributed by atoms with E-state index in [-0.39, 0.29) is 11.9 Å². The largest absolute Gasteiger partial charge is 0.369 e. The minimum absolute atomic E-state index is 0.0992. The van der Waals surface area contributed by atoms with Gasteiger partial charge in [0.1, 0.15) is 0 Å². The maximum Gasteiger partial charge on any atom is 0.260 e. The van der Waals surface area contributed by atoms with E-state index in [4.69, 9.17) is 5.73 Å². The van der Waals surface area contributed by atoms with Crippen LogP contribution in [0.15, 0.2) is 59.6 Å². The smallest absolute Gasteiger partial charge is 0.260 e. The van der Waals surface area contributed by atoms with Gasteiger partial charge in [-0.15, -0.1) is 0 Å². The van der Waals surface area contributed by atoms with E-state index < -0.39 is 0 Å². The fourth-order valence-corrected chi connectivity index (χ4v) is 2.54. The number of hydrogen-bond donors (Lipinski definition) is 1. The molecule has 0 radical (unpaired) electrons. The van der Waals surface area contributed by atoms with E-state index in [2.05, 4.69) is 17.1 Å². The minimum atomic E-state index is -0.0992. The molecule has 1 amide bonds. The molecule has 0 unspecified atom stereocenters. The normalized spacial score (nSPS) is 11.3. The Bertz CT molecular complexity index is 678. The average Bonchev–Trinajstić information content (AvgIpc) is 2.62. The highest BCUT2D eigenvalue weighted by Crippen LogP contribution is 2.10. The lowest BCUT2D eigenvalue weighted by atomic mass is 10.1. The van der Waals surface area contributed by atoms with Crippen molar-refractivity contribution in [3.05, 3.63) is 71.3 Å². The third-order valence-corrected chi connectivity index (χ3v) is 3.99. The summed E-state index contributed by atoms with van der Waals surface area (Å²) in [6, 6.07) is 17.9. The zero-order valence-corrected chi connectivity index (χ0v) is 14.4. The van der Waals surface area contributed by atoms with Gasteiger partial charge in [-0.1, -0.05) is 48.0 Å². The first-order valence-corrected chi connectivity index (χ1v) is 8.26. The summed E-state index contributed by atoms with van der Waals surface area (Å²) in [6.07, 6.45) is 2.87. The molecule has 2 rings (SSSR count). The van der Waals surface area contributed by atoms with E-state index in [1.807, 2.05) is 49.4 Å². The summed E-state index contributed by atoms with van der Waals surface area (Å²) >= 11 is 0. The van der Waals surface area contributed by atoms with Gasteiger partial charge in [-0.2, -0.15) is 0 Å². The number of hydrogen-bond acceptors (Lipinski definition) is 2. The van der Waals surface area contributed by atoms with Gasteiger partial charge in [0.25, 0.3) is 5.91 Å². The van der Waals surface area contributed by atoms with Gasteiger partial charge < -0.3 is 5.73 Å².